The van der Waals surface area contributed by atoms with E-state index in [9.17, 15) is 21.6 Å². The highest BCUT2D eigenvalue weighted by Crippen LogP contribution is 2.29. The Labute approximate surface area is 137 Å². The minimum atomic E-state index is -4.42. The molecule has 0 amide bonds. The molecule has 24 heavy (non-hydrogen) atoms. The molecule has 1 heterocycles. The summed E-state index contributed by atoms with van der Waals surface area (Å²) < 4.78 is 65.1. The molecule has 132 valence electrons. The molecule has 1 N–H and O–H groups in total. The highest BCUT2D eigenvalue weighted by atomic mass is 32.2. The van der Waals surface area contributed by atoms with Crippen molar-refractivity contribution in [3.8, 4) is 0 Å². The SMILES string of the molecule is CCCCS(=O)(=O)Nc1ncn(Cc2cccc(C(F)(F)F)c2)n1. The summed E-state index contributed by atoms with van der Waals surface area (Å²) in [6.45, 7) is 1.92. The van der Waals surface area contributed by atoms with Gasteiger partial charge in [0, 0.05) is 0 Å². The van der Waals surface area contributed by atoms with Crippen LogP contribution in [0.15, 0.2) is 30.6 Å². The Hall–Kier alpha value is -2.10. The maximum absolute atomic E-state index is 12.7. The highest BCUT2D eigenvalue weighted by Gasteiger charge is 2.30. The van der Waals surface area contributed by atoms with E-state index >= 15 is 0 Å². The van der Waals surface area contributed by atoms with Crippen molar-refractivity contribution >= 4 is 16.0 Å². The quantitative estimate of drug-likeness (QED) is 0.822. The first-order chi connectivity index (χ1) is 11.2. The minimum Gasteiger partial charge on any atom is -0.250 e. The van der Waals surface area contributed by atoms with Crippen LogP contribution < -0.4 is 4.72 Å². The zero-order valence-corrected chi connectivity index (χ0v) is 13.7. The normalized spacial score (nSPS) is 12.3. The molecule has 0 saturated heterocycles. The summed E-state index contributed by atoms with van der Waals surface area (Å²) in [5.41, 5.74) is -0.365. The molecule has 0 aliphatic carbocycles. The molecule has 1 aromatic carbocycles. The number of benzene rings is 1. The maximum Gasteiger partial charge on any atom is 0.416 e. The molecule has 0 unspecified atom stereocenters. The van der Waals surface area contributed by atoms with Crippen LogP contribution in [0, 0.1) is 0 Å². The van der Waals surface area contributed by atoms with Gasteiger partial charge in [-0.3, -0.25) is 0 Å². The Bertz CT molecular complexity index is 787. The van der Waals surface area contributed by atoms with Crippen molar-refractivity contribution in [1.82, 2.24) is 14.8 Å². The molecule has 0 aliphatic heterocycles. The Morgan fingerprint density at radius 2 is 2.04 bits per heavy atom. The van der Waals surface area contributed by atoms with Crippen LogP contribution in [0.25, 0.3) is 0 Å². The van der Waals surface area contributed by atoms with Crippen LogP contribution in [-0.4, -0.2) is 28.9 Å². The van der Waals surface area contributed by atoms with Gasteiger partial charge in [-0.15, -0.1) is 5.10 Å². The van der Waals surface area contributed by atoms with E-state index in [1.807, 2.05) is 6.92 Å². The summed E-state index contributed by atoms with van der Waals surface area (Å²) in [5.74, 6) is -0.135. The smallest absolute Gasteiger partial charge is 0.250 e. The van der Waals surface area contributed by atoms with E-state index < -0.39 is 21.8 Å². The monoisotopic (exact) mass is 362 g/mol. The van der Waals surface area contributed by atoms with Crippen LogP contribution in [0.4, 0.5) is 19.1 Å². The van der Waals surface area contributed by atoms with Crippen LogP contribution in [0.3, 0.4) is 0 Å². The standard InChI is InChI=1S/C14H17F3N4O2S/c1-2-3-7-24(22,23)20-13-18-10-21(19-13)9-11-5-4-6-12(8-11)14(15,16)17/h4-6,8,10H,2-3,7,9H2,1H3,(H,19,20). The van der Waals surface area contributed by atoms with E-state index in [0.29, 0.717) is 12.0 Å². The van der Waals surface area contributed by atoms with E-state index in [1.165, 1.54) is 23.1 Å². The predicted octanol–water partition coefficient (Wildman–Crippen LogP) is 2.89. The fourth-order valence-corrected chi connectivity index (χ4v) is 3.12. The number of alkyl halides is 3. The van der Waals surface area contributed by atoms with Gasteiger partial charge >= 0.3 is 6.18 Å². The van der Waals surface area contributed by atoms with Crippen molar-refractivity contribution in [2.45, 2.75) is 32.5 Å². The van der Waals surface area contributed by atoms with Crippen LogP contribution in [0.2, 0.25) is 0 Å². The second-order valence-electron chi connectivity index (χ2n) is 5.24. The van der Waals surface area contributed by atoms with Crippen molar-refractivity contribution in [3.63, 3.8) is 0 Å². The number of anilines is 1. The van der Waals surface area contributed by atoms with Gasteiger partial charge in [-0.05, 0) is 24.1 Å². The molecule has 0 bridgehead atoms. The maximum atomic E-state index is 12.7. The molecule has 0 atom stereocenters. The van der Waals surface area contributed by atoms with Crippen molar-refractivity contribution in [2.75, 3.05) is 10.5 Å². The van der Waals surface area contributed by atoms with Gasteiger partial charge in [-0.1, -0.05) is 25.5 Å². The number of nitrogens with zero attached hydrogens (tertiary/aromatic N) is 3. The van der Waals surface area contributed by atoms with E-state index in [2.05, 4.69) is 14.8 Å². The van der Waals surface area contributed by atoms with Gasteiger partial charge in [0.15, 0.2) is 0 Å². The Morgan fingerprint density at radius 3 is 2.71 bits per heavy atom. The third kappa shape index (κ3) is 5.22. The molecule has 0 radical (unpaired) electrons. The van der Waals surface area contributed by atoms with Crippen LogP contribution in [-0.2, 0) is 22.7 Å². The molecule has 2 rings (SSSR count). The number of sulfonamides is 1. The lowest BCUT2D eigenvalue weighted by atomic mass is 10.1. The lowest BCUT2D eigenvalue weighted by Crippen LogP contribution is -2.17. The molecule has 10 heteroatoms. The first kappa shape index (κ1) is 18.2. The largest absolute Gasteiger partial charge is 0.416 e. The molecule has 2 aromatic rings. The van der Waals surface area contributed by atoms with Crippen molar-refractivity contribution < 1.29 is 21.6 Å². The van der Waals surface area contributed by atoms with Crippen molar-refractivity contribution in [3.05, 3.63) is 41.7 Å². The Morgan fingerprint density at radius 1 is 1.29 bits per heavy atom. The molecule has 0 spiro atoms. The highest BCUT2D eigenvalue weighted by molar-refractivity contribution is 7.92. The van der Waals surface area contributed by atoms with Crippen LogP contribution in [0.1, 0.15) is 30.9 Å². The predicted molar refractivity (Wildman–Crippen MR) is 82.9 cm³/mol. The first-order valence-electron chi connectivity index (χ1n) is 7.25. The van der Waals surface area contributed by atoms with E-state index in [1.54, 1.807) is 0 Å². The van der Waals surface area contributed by atoms with Gasteiger partial charge in [-0.25, -0.2) is 17.8 Å². The number of halogens is 3. The summed E-state index contributed by atoms with van der Waals surface area (Å²) >= 11 is 0. The fourth-order valence-electron chi connectivity index (χ4n) is 1.98. The molecule has 0 fully saturated rings. The van der Waals surface area contributed by atoms with Crippen LogP contribution >= 0.6 is 0 Å². The van der Waals surface area contributed by atoms with Gasteiger partial charge < -0.3 is 0 Å². The lowest BCUT2D eigenvalue weighted by Gasteiger charge is -2.08. The topological polar surface area (TPSA) is 76.9 Å². The average molecular weight is 362 g/mol. The van der Waals surface area contributed by atoms with Crippen molar-refractivity contribution in [2.24, 2.45) is 0 Å². The van der Waals surface area contributed by atoms with E-state index in [0.717, 1.165) is 18.6 Å². The average Bonchev–Trinajstić information content (AvgIpc) is 2.91. The molecule has 1 aromatic heterocycles. The van der Waals surface area contributed by atoms with Gasteiger partial charge in [0.1, 0.15) is 6.33 Å². The zero-order valence-electron chi connectivity index (χ0n) is 12.9. The summed E-state index contributed by atoms with van der Waals surface area (Å²) in [6, 6.07) is 4.84. The van der Waals surface area contributed by atoms with Gasteiger partial charge in [0.25, 0.3) is 5.95 Å². The third-order valence-electron chi connectivity index (χ3n) is 3.15. The Kier molecular flexibility index (Phi) is 5.47. The summed E-state index contributed by atoms with van der Waals surface area (Å²) in [4.78, 5) is 3.82. The summed E-state index contributed by atoms with van der Waals surface area (Å²) in [6.07, 6.45) is -1.91. The zero-order chi connectivity index (χ0) is 17.8. The number of hydrogen-bond acceptors (Lipinski definition) is 4. The number of unbranched alkanes of at least 4 members (excludes halogenated alkanes) is 1. The van der Waals surface area contributed by atoms with E-state index in [-0.39, 0.29) is 18.2 Å². The summed E-state index contributed by atoms with van der Waals surface area (Å²) in [5, 5.41) is 3.92. The van der Waals surface area contributed by atoms with Gasteiger partial charge in [-0.2, -0.15) is 18.2 Å². The number of rotatable bonds is 7. The molecular formula is C14H17F3N4O2S. The second-order valence-corrected chi connectivity index (χ2v) is 7.08. The third-order valence-corrected chi connectivity index (χ3v) is 4.47. The van der Waals surface area contributed by atoms with Gasteiger partial charge in [0.2, 0.25) is 10.0 Å². The molecular weight excluding hydrogens is 345 g/mol. The summed E-state index contributed by atoms with van der Waals surface area (Å²) in [7, 11) is -3.52. The number of hydrogen-bond donors (Lipinski definition) is 1. The van der Waals surface area contributed by atoms with Gasteiger partial charge in [0.05, 0.1) is 17.9 Å². The first-order valence-corrected chi connectivity index (χ1v) is 8.91. The fraction of sp³-hybridized carbons (Fsp3) is 0.429. The molecule has 6 nitrogen and oxygen atoms in total. The number of nitrogens with one attached hydrogen (secondary N) is 1. The minimum absolute atomic E-state index is 0.0360. The van der Waals surface area contributed by atoms with E-state index in [4.69, 9.17) is 0 Å². The van der Waals surface area contributed by atoms with Crippen LogP contribution in [0.5, 0.6) is 0 Å². The number of aromatic nitrogens is 3. The van der Waals surface area contributed by atoms with Crippen molar-refractivity contribution in [1.29, 1.82) is 0 Å². The Balaban J connectivity index is 2.07. The molecule has 0 saturated carbocycles. The second kappa shape index (κ2) is 7.20. The molecule has 0 aliphatic rings. The lowest BCUT2D eigenvalue weighted by molar-refractivity contribution is -0.137.